The molecule has 3 nitrogen and oxygen atoms in total. The van der Waals surface area contributed by atoms with Crippen LogP contribution in [0.25, 0.3) is 92.2 Å². The molecular formula is C58H43N3S. The van der Waals surface area contributed by atoms with Crippen LogP contribution in [0.2, 0.25) is 0 Å². The number of rotatable bonds is 2. The van der Waals surface area contributed by atoms with E-state index in [1.54, 1.807) is 0 Å². The monoisotopic (exact) mass is 813 g/mol. The average Bonchev–Trinajstić information content (AvgIpc) is 3.82. The molecule has 0 aliphatic heterocycles. The SMILES string of the molecule is Cc1c2cc3c(c1-c1ccccc1C(C)C(C)c1ccccc1-2)-c1cc2ccccc2cc1C(c1nc(-n2c4ccccc4c4ccccc42)nc2c1sc1ccccc12)CC3. The van der Waals surface area contributed by atoms with Gasteiger partial charge in [-0.05, 0) is 134 Å². The molecule has 2 bridgehead atoms. The number of nitrogens with zero attached hydrogens (tertiary/aromatic N) is 3. The molecule has 13 rings (SSSR count). The summed E-state index contributed by atoms with van der Waals surface area (Å²) in [4.78, 5) is 11.4. The molecule has 3 heterocycles. The van der Waals surface area contributed by atoms with Crippen molar-refractivity contribution < 1.29 is 0 Å². The molecule has 62 heavy (non-hydrogen) atoms. The lowest BCUT2D eigenvalue weighted by Gasteiger charge is -2.25. The number of benzene rings is 8. The van der Waals surface area contributed by atoms with E-state index >= 15 is 0 Å². The number of aryl methyl sites for hydroxylation is 1. The molecule has 4 heteroatoms. The third kappa shape index (κ3) is 5.11. The highest BCUT2D eigenvalue weighted by Crippen LogP contribution is 2.54. The summed E-state index contributed by atoms with van der Waals surface area (Å²) in [6.45, 7) is 7.23. The minimum Gasteiger partial charge on any atom is -0.278 e. The maximum Gasteiger partial charge on any atom is 0.235 e. The number of fused-ring (bicyclic) bond motifs is 17. The zero-order valence-corrected chi connectivity index (χ0v) is 35.8. The fourth-order valence-corrected chi connectivity index (χ4v) is 12.5. The predicted octanol–water partition coefficient (Wildman–Crippen LogP) is 15.7. The summed E-state index contributed by atoms with van der Waals surface area (Å²) < 4.78 is 4.72. The zero-order valence-electron chi connectivity index (χ0n) is 35.0. The Hall–Kier alpha value is -6.88. The summed E-state index contributed by atoms with van der Waals surface area (Å²) >= 11 is 1.84. The van der Waals surface area contributed by atoms with E-state index in [2.05, 4.69) is 189 Å². The smallest absolute Gasteiger partial charge is 0.235 e. The van der Waals surface area contributed by atoms with Crippen molar-refractivity contribution in [2.75, 3.05) is 0 Å². The van der Waals surface area contributed by atoms with Crippen molar-refractivity contribution in [3.8, 4) is 39.3 Å². The van der Waals surface area contributed by atoms with Gasteiger partial charge >= 0.3 is 0 Å². The van der Waals surface area contributed by atoms with E-state index in [1.165, 1.54) is 97.5 Å². The lowest BCUT2D eigenvalue weighted by molar-refractivity contribution is 0.626. The fourth-order valence-electron chi connectivity index (χ4n) is 11.3. The maximum absolute atomic E-state index is 5.82. The highest BCUT2D eigenvalue weighted by Gasteiger charge is 2.34. The van der Waals surface area contributed by atoms with E-state index in [-0.39, 0.29) is 5.92 Å². The van der Waals surface area contributed by atoms with Crippen LogP contribution in [0.4, 0.5) is 0 Å². The van der Waals surface area contributed by atoms with Crippen molar-refractivity contribution in [2.45, 2.75) is 51.4 Å². The van der Waals surface area contributed by atoms with Crippen molar-refractivity contribution in [1.82, 2.24) is 14.5 Å². The molecule has 3 unspecified atom stereocenters. The van der Waals surface area contributed by atoms with Crippen LogP contribution in [-0.2, 0) is 6.42 Å². The average molecular weight is 814 g/mol. The first-order valence-corrected chi connectivity index (χ1v) is 22.9. The highest BCUT2D eigenvalue weighted by atomic mass is 32.1. The molecule has 0 amide bonds. The summed E-state index contributed by atoms with van der Waals surface area (Å²) in [5.41, 5.74) is 19.5. The Labute approximate surface area is 365 Å². The van der Waals surface area contributed by atoms with Gasteiger partial charge in [0.1, 0.15) is 0 Å². The summed E-state index contributed by atoms with van der Waals surface area (Å²) in [6.07, 6.45) is 1.84. The second-order valence-corrected chi connectivity index (χ2v) is 18.7. The van der Waals surface area contributed by atoms with Crippen LogP contribution in [0.3, 0.4) is 0 Å². The van der Waals surface area contributed by atoms with Crippen LogP contribution in [0, 0.1) is 6.92 Å². The Kier molecular flexibility index (Phi) is 7.84. The topological polar surface area (TPSA) is 30.7 Å². The van der Waals surface area contributed by atoms with Gasteiger partial charge in [-0.2, -0.15) is 0 Å². The molecule has 11 aromatic rings. The van der Waals surface area contributed by atoms with Gasteiger partial charge in [0.2, 0.25) is 5.95 Å². The Morgan fingerprint density at radius 2 is 1.13 bits per heavy atom. The molecule has 0 radical (unpaired) electrons. The van der Waals surface area contributed by atoms with Gasteiger partial charge in [-0.3, -0.25) is 4.57 Å². The normalized spacial score (nSPS) is 17.0. The molecule has 0 spiro atoms. The minimum atomic E-state index is 0.0124. The van der Waals surface area contributed by atoms with Crippen LogP contribution in [0.15, 0.2) is 164 Å². The number of thiophene rings is 1. The third-order valence-corrected chi connectivity index (χ3v) is 15.7. The lowest BCUT2D eigenvalue weighted by atomic mass is 9.79. The van der Waals surface area contributed by atoms with Crippen molar-refractivity contribution >= 4 is 64.2 Å². The van der Waals surface area contributed by atoms with Crippen LogP contribution in [-0.4, -0.2) is 14.5 Å². The van der Waals surface area contributed by atoms with Crippen LogP contribution >= 0.6 is 11.3 Å². The van der Waals surface area contributed by atoms with E-state index in [4.69, 9.17) is 9.97 Å². The lowest BCUT2D eigenvalue weighted by Crippen LogP contribution is -2.10. The minimum absolute atomic E-state index is 0.0124. The largest absolute Gasteiger partial charge is 0.278 e. The first-order chi connectivity index (χ1) is 30.5. The van der Waals surface area contributed by atoms with E-state index in [9.17, 15) is 0 Å². The van der Waals surface area contributed by atoms with Crippen molar-refractivity contribution in [2.24, 2.45) is 0 Å². The van der Waals surface area contributed by atoms with E-state index in [0.717, 1.165) is 41.0 Å². The van der Waals surface area contributed by atoms with Crippen LogP contribution in [0.5, 0.6) is 0 Å². The van der Waals surface area contributed by atoms with Crippen molar-refractivity contribution in [3.05, 3.63) is 197 Å². The van der Waals surface area contributed by atoms with Gasteiger partial charge in [0.25, 0.3) is 0 Å². The summed E-state index contributed by atoms with van der Waals surface area (Å²) in [7, 11) is 0. The van der Waals surface area contributed by atoms with Gasteiger partial charge in [0.15, 0.2) is 0 Å². The number of hydrogen-bond donors (Lipinski definition) is 0. The second kappa shape index (κ2) is 13.6. The summed E-state index contributed by atoms with van der Waals surface area (Å²) in [5.74, 6) is 1.42. The number of aromatic nitrogens is 3. The highest BCUT2D eigenvalue weighted by molar-refractivity contribution is 7.25. The maximum atomic E-state index is 5.82. The van der Waals surface area contributed by atoms with E-state index in [1.807, 2.05) is 11.3 Å². The predicted molar refractivity (Wildman–Crippen MR) is 261 cm³/mol. The number of para-hydroxylation sites is 2. The van der Waals surface area contributed by atoms with Crippen LogP contribution in [0.1, 0.15) is 71.5 Å². The number of hydrogen-bond acceptors (Lipinski definition) is 3. The molecule has 0 saturated heterocycles. The Morgan fingerprint density at radius 3 is 1.87 bits per heavy atom. The quantitative estimate of drug-likeness (QED) is 0.174. The van der Waals surface area contributed by atoms with E-state index < -0.39 is 0 Å². The Morgan fingerprint density at radius 1 is 0.532 bits per heavy atom. The van der Waals surface area contributed by atoms with E-state index in [0.29, 0.717) is 11.8 Å². The van der Waals surface area contributed by atoms with Gasteiger partial charge in [-0.1, -0.05) is 147 Å². The molecule has 3 aromatic heterocycles. The third-order valence-electron chi connectivity index (χ3n) is 14.5. The van der Waals surface area contributed by atoms with Gasteiger partial charge in [0, 0.05) is 26.8 Å². The molecular weight excluding hydrogens is 771 g/mol. The molecule has 2 aliphatic rings. The fraction of sp³-hybridized carbons (Fsp3) is 0.138. The van der Waals surface area contributed by atoms with Crippen molar-refractivity contribution in [1.29, 1.82) is 0 Å². The molecule has 0 saturated carbocycles. The second-order valence-electron chi connectivity index (χ2n) is 17.6. The van der Waals surface area contributed by atoms with Gasteiger partial charge in [-0.25, -0.2) is 9.97 Å². The molecule has 2 aliphatic carbocycles. The first-order valence-electron chi connectivity index (χ1n) is 22.1. The van der Waals surface area contributed by atoms with Gasteiger partial charge < -0.3 is 0 Å². The molecule has 8 aromatic carbocycles. The Balaban J connectivity index is 1.14. The molecule has 0 fully saturated rings. The summed E-state index contributed by atoms with van der Waals surface area (Å²) in [6, 6.07) is 61.1. The Bertz CT molecular complexity index is 3610. The summed E-state index contributed by atoms with van der Waals surface area (Å²) in [5, 5.41) is 6.12. The molecule has 3 atom stereocenters. The van der Waals surface area contributed by atoms with Gasteiger partial charge in [-0.15, -0.1) is 11.3 Å². The molecule has 296 valence electrons. The van der Waals surface area contributed by atoms with Gasteiger partial charge in [0.05, 0.1) is 26.9 Å². The van der Waals surface area contributed by atoms with Crippen LogP contribution < -0.4 is 0 Å². The zero-order chi connectivity index (χ0) is 41.2. The van der Waals surface area contributed by atoms with Crippen molar-refractivity contribution in [3.63, 3.8) is 0 Å². The standard InChI is InChI=1S/C58H43N3S/c1-33-34(2)40-19-7-9-23-44(40)53-35(3)47(41-20-8-6-18-39(33)41)32-38-28-29-45(48-30-36-16-4-5-17-37(36)31-49(48)54(38)53)55-57-56(46-24-12-15-27-52(46)62-57)60-58(59-55)61-50-25-13-10-21-42(50)43-22-11-14-26-51(43)61/h4-27,30-34,45H,28-29H2,1-3H3. The molecule has 0 N–H and O–H groups in total. The first kappa shape index (κ1) is 35.8.